The third kappa shape index (κ3) is 3.78. The number of nitrogens with one attached hydrogen (secondary N) is 1. The summed E-state index contributed by atoms with van der Waals surface area (Å²) in [5.41, 5.74) is 1.16. The second kappa shape index (κ2) is 5.89. The van der Waals surface area contributed by atoms with Crippen molar-refractivity contribution in [3.8, 4) is 0 Å². The molecule has 2 aromatic carbocycles. The summed E-state index contributed by atoms with van der Waals surface area (Å²) in [5, 5.41) is 0.299. The molecule has 0 aliphatic heterocycles. The first kappa shape index (κ1) is 16.8. The van der Waals surface area contributed by atoms with E-state index in [9.17, 15) is 12.8 Å². The van der Waals surface area contributed by atoms with Gasteiger partial charge in [-0.05, 0) is 41.3 Å². The van der Waals surface area contributed by atoms with Crippen LogP contribution in [0.3, 0.4) is 0 Å². The molecule has 0 aliphatic carbocycles. The minimum absolute atomic E-state index is 0.0936. The molecule has 118 valence electrons. The van der Waals surface area contributed by atoms with Gasteiger partial charge in [-0.25, -0.2) is 12.8 Å². The van der Waals surface area contributed by atoms with Gasteiger partial charge in [0.05, 0.1) is 15.6 Å². The van der Waals surface area contributed by atoms with Gasteiger partial charge >= 0.3 is 0 Å². The van der Waals surface area contributed by atoms with Gasteiger partial charge < -0.3 is 0 Å². The number of halogens is 2. The first-order valence-corrected chi connectivity index (χ1v) is 8.54. The Bertz CT molecular complexity index is 798. The fourth-order valence-electron chi connectivity index (χ4n) is 1.90. The topological polar surface area (TPSA) is 46.2 Å². The van der Waals surface area contributed by atoms with Crippen molar-refractivity contribution in [3.63, 3.8) is 0 Å². The van der Waals surface area contributed by atoms with Crippen molar-refractivity contribution >= 4 is 27.3 Å². The predicted molar refractivity (Wildman–Crippen MR) is 87.4 cm³/mol. The normalized spacial score (nSPS) is 12.2. The van der Waals surface area contributed by atoms with Crippen molar-refractivity contribution in [2.75, 3.05) is 4.72 Å². The molecule has 1 N–H and O–H groups in total. The zero-order valence-electron chi connectivity index (χ0n) is 12.5. The van der Waals surface area contributed by atoms with Gasteiger partial charge in [-0.1, -0.05) is 44.5 Å². The second-order valence-electron chi connectivity index (χ2n) is 6.01. The Balaban J connectivity index is 2.35. The quantitative estimate of drug-likeness (QED) is 0.888. The van der Waals surface area contributed by atoms with Gasteiger partial charge in [-0.2, -0.15) is 0 Å². The Hall–Kier alpha value is -1.59. The molecule has 22 heavy (non-hydrogen) atoms. The van der Waals surface area contributed by atoms with Gasteiger partial charge in [-0.3, -0.25) is 4.72 Å². The molecule has 2 aromatic rings. The van der Waals surface area contributed by atoms with E-state index in [4.69, 9.17) is 11.6 Å². The molecule has 0 unspecified atom stereocenters. The van der Waals surface area contributed by atoms with E-state index in [0.717, 1.165) is 11.6 Å². The summed E-state index contributed by atoms with van der Waals surface area (Å²) in [4.78, 5) is -0.150. The molecule has 0 bridgehead atoms. The van der Waals surface area contributed by atoms with E-state index in [1.807, 2.05) is 26.8 Å². The number of hydrogen-bond donors (Lipinski definition) is 1. The summed E-state index contributed by atoms with van der Waals surface area (Å²) >= 11 is 6.16. The first-order chi connectivity index (χ1) is 10.1. The van der Waals surface area contributed by atoms with E-state index in [-0.39, 0.29) is 16.0 Å². The third-order valence-electron chi connectivity index (χ3n) is 3.19. The minimum Gasteiger partial charge on any atom is -0.278 e. The van der Waals surface area contributed by atoms with E-state index in [0.29, 0.717) is 5.02 Å². The summed E-state index contributed by atoms with van der Waals surface area (Å²) < 4.78 is 40.1. The number of rotatable bonds is 3. The van der Waals surface area contributed by atoms with Crippen LogP contribution in [0.25, 0.3) is 0 Å². The van der Waals surface area contributed by atoms with Crippen molar-refractivity contribution < 1.29 is 12.8 Å². The lowest BCUT2D eigenvalue weighted by Crippen LogP contribution is -2.15. The van der Waals surface area contributed by atoms with Crippen LogP contribution in [0.15, 0.2) is 47.4 Å². The lowest BCUT2D eigenvalue weighted by atomic mass is 9.87. The average Bonchev–Trinajstić information content (AvgIpc) is 2.40. The Morgan fingerprint density at radius 2 is 1.77 bits per heavy atom. The zero-order chi connectivity index (χ0) is 16.5. The Kier molecular flexibility index (Phi) is 4.49. The predicted octanol–water partition coefficient (Wildman–Crippen LogP) is 4.58. The SMILES string of the molecule is CC(C)(C)c1ccc(NS(=O)(=O)c2cccc(F)c2)c(Cl)c1. The maximum absolute atomic E-state index is 13.2. The highest BCUT2D eigenvalue weighted by atomic mass is 35.5. The van der Waals surface area contributed by atoms with Crippen LogP contribution >= 0.6 is 11.6 Å². The molecule has 3 nitrogen and oxygen atoms in total. The van der Waals surface area contributed by atoms with Crippen LogP contribution in [-0.2, 0) is 15.4 Å². The fourth-order valence-corrected chi connectivity index (χ4v) is 3.30. The first-order valence-electron chi connectivity index (χ1n) is 6.68. The molecular weight excluding hydrogens is 325 g/mol. The Labute approximate surface area is 135 Å². The van der Waals surface area contributed by atoms with E-state index in [1.165, 1.54) is 18.2 Å². The van der Waals surface area contributed by atoms with Crippen LogP contribution < -0.4 is 4.72 Å². The Morgan fingerprint density at radius 3 is 2.32 bits per heavy atom. The molecular formula is C16H17ClFNO2S. The molecule has 6 heteroatoms. The maximum atomic E-state index is 13.2. The summed E-state index contributed by atoms with van der Waals surface area (Å²) in [6.45, 7) is 6.11. The molecule has 0 fully saturated rings. The molecule has 2 rings (SSSR count). The van der Waals surface area contributed by atoms with Gasteiger partial charge in [0.25, 0.3) is 10.0 Å². The highest BCUT2D eigenvalue weighted by Gasteiger charge is 2.19. The molecule has 0 radical (unpaired) electrons. The number of sulfonamides is 1. The lowest BCUT2D eigenvalue weighted by Gasteiger charge is -2.20. The standard InChI is InChI=1S/C16H17ClFNO2S/c1-16(2,3)11-7-8-15(14(17)9-11)19-22(20,21)13-6-4-5-12(18)10-13/h4-10,19H,1-3H3. The van der Waals surface area contributed by atoms with Gasteiger partial charge in [0.2, 0.25) is 0 Å². The van der Waals surface area contributed by atoms with Crippen LogP contribution in [-0.4, -0.2) is 8.42 Å². The summed E-state index contributed by atoms with van der Waals surface area (Å²) in [6.07, 6.45) is 0. The van der Waals surface area contributed by atoms with Gasteiger partial charge in [-0.15, -0.1) is 0 Å². The molecule has 0 atom stereocenters. The molecule has 0 spiro atoms. The van der Waals surface area contributed by atoms with E-state index in [2.05, 4.69) is 4.72 Å². The van der Waals surface area contributed by atoms with Crippen molar-refractivity contribution in [1.29, 1.82) is 0 Å². The maximum Gasteiger partial charge on any atom is 0.262 e. The Morgan fingerprint density at radius 1 is 1.09 bits per heavy atom. The van der Waals surface area contributed by atoms with Crippen molar-refractivity contribution in [1.82, 2.24) is 0 Å². The molecule has 0 saturated carbocycles. The van der Waals surface area contributed by atoms with Crippen LogP contribution in [0.1, 0.15) is 26.3 Å². The van der Waals surface area contributed by atoms with Crippen molar-refractivity contribution in [2.45, 2.75) is 31.1 Å². The van der Waals surface area contributed by atoms with Gasteiger partial charge in [0, 0.05) is 0 Å². The summed E-state index contributed by atoms with van der Waals surface area (Å²) in [6, 6.07) is 9.96. The molecule has 0 aliphatic rings. The van der Waals surface area contributed by atoms with Crippen LogP contribution in [0.5, 0.6) is 0 Å². The number of hydrogen-bond acceptors (Lipinski definition) is 2. The minimum atomic E-state index is -3.88. The second-order valence-corrected chi connectivity index (χ2v) is 8.10. The van der Waals surface area contributed by atoms with Crippen molar-refractivity contribution in [3.05, 3.63) is 58.9 Å². The molecule has 0 heterocycles. The van der Waals surface area contributed by atoms with Gasteiger partial charge in [0.1, 0.15) is 5.82 Å². The van der Waals surface area contributed by atoms with E-state index >= 15 is 0 Å². The fraction of sp³-hybridized carbons (Fsp3) is 0.250. The van der Waals surface area contributed by atoms with E-state index < -0.39 is 15.8 Å². The smallest absolute Gasteiger partial charge is 0.262 e. The molecule has 0 amide bonds. The highest BCUT2D eigenvalue weighted by molar-refractivity contribution is 7.92. The lowest BCUT2D eigenvalue weighted by molar-refractivity contribution is 0.590. The van der Waals surface area contributed by atoms with E-state index in [1.54, 1.807) is 12.1 Å². The molecule has 0 aromatic heterocycles. The number of benzene rings is 2. The van der Waals surface area contributed by atoms with Crippen LogP contribution in [0.4, 0.5) is 10.1 Å². The molecule has 0 saturated heterocycles. The monoisotopic (exact) mass is 341 g/mol. The van der Waals surface area contributed by atoms with Crippen LogP contribution in [0, 0.1) is 5.82 Å². The average molecular weight is 342 g/mol. The summed E-state index contributed by atoms with van der Waals surface area (Å²) in [5.74, 6) is -0.614. The summed E-state index contributed by atoms with van der Waals surface area (Å²) in [7, 11) is -3.88. The van der Waals surface area contributed by atoms with Crippen LogP contribution in [0.2, 0.25) is 5.02 Å². The third-order valence-corrected chi connectivity index (χ3v) is 4.86. The largest absolute Gasteiger partial charge is 0.278 e. The highest BCUT2D eigenvalue weighted by Crippen LogP contribution is 2.31. The number of anilines is 1. The zero-order valence-corrected chi connectivity index (χ0v) is 14.1. The van der Waals surface area contributed by atoms with Crippen molar-refractivity contribution in [2.24, 2.45) is 0 Å². The van der Waals surface area contributed by atoms with Gasteiger partial charge in [0.15, 0.2) is 0 Å².